The normalized spacial score (nSPS) is 10.4. The van der Waals surface area contributed by atoms with Gasteiger partial charge in [0.2, 0.25) is 0 Å². The molecule has 1 N–H and O–H groups in total. The number of amides is 1. The summed E-state index contributed by atoms with van der Waals surface area (Å²) in [6.45, 7) is 2.53. The first kappa shape index (κ1) is 19.1. The number of nitrogens with one attached hydrogen (secondary N) is 1. The molecule has 8 heteroatoms. The topological polar surface area (TPSA) is 91.2 Å². The third-order valence-electron chi connectivity index (χ3n) is 4.16. The number of rotatable bonds is 7. The van der Waals surface area contributed by atoms with Gasteiger partial charge >= 0.3 is 0 Å². The van der Waals surface area contributed by atoms with Crippen LogP contribution in [-0.2, 0) is 0 Å². The lowest BCUT2D eigenvalue weighted by atomic mass is 10.2. The van der Waals surface area contributed by atoms with Crippen molar-refractivity contribution in [2.24, 2.45) is 0 Å². The number of carbonyl (C=O) groups is 1. The molecule has 0 aliphatic rings. The van der Waals surface area contributed by atoms with Crippen LogP contribution in [0.15, 0.2) is 79.5 Å². The Balaban J connectivity index is 1.51. The first-order valence-electron chi connectivity index (χ1n) is 9.35. The van der Waals surface area contributed by atoms with Crippen LogP contribution in [0.2, 0.25) is 0 Å². The average molecular weight is 401 g/mol. The summed E-state index contributed by atoms with van der Waals surface area (Å²) in [6, 6.07) is 17.8. The molecule has 8 nitrogen and oxygen atoms in total. The van der Waals surface area contributed by atoms with Gasteiger partial charge in [-0.3, -0.25) is 4.79 Å². The molecule has 0 fully saturated rings. The van der Waals surface area contributed by atoms with Crippen molar-refractivity contribution in [1.29, 1.82) is 0 Å². The zero-order valence-corrected chi connectivity index (χ0v) is 16.2. The van der Waals surface area contributed by atoms with Gasteiger partial charge in [0.05, 0.1) is 12.3 Å². The Morgan fingerprint density at radius 2 is 1.87 bits per heavy atom. The molecule has 0 radical (unpaired) electrons. The first-order chi connectivity index (χ1) is 14.7. The lowest BCUT2D eigenvalue weighted by Crippen LogP contribution is -2.13. The lowest BCUT2D eigenvalue weighted by Gasteiger charge is -2.13. The first-order valence-corrected chi connectivity index (χ1v) is 9.35. The molecule has 2 heterocycles. The van der Waals surface area contributed by atoms with Gasteiger partial charge in [-0.2, -0.15) is 5.10 Å². The molecule has 30 heavy (non-hydrogen) atoms. The van der Waals surface area contributed by atoms with E-state index in [9.17, 15) is 4.79 Å². The second-order valence-corrected chi connectivity index (χ2v) is 6.20. The van der Waals surface area contributed by atoms with Gasteiger partial charge in [0.1, 0.15) is 24.2 Å². The number of hydrogen-bond donors (Lipinski definition) is 1. The van der Waals surface area contributed by atoms with Crippen LogP contribution >= 0.6 is 0 Å². The highest BCUT2D eigenvalue weighted by atomic mass is 16.5. The van der Waals surface area contributed by atoms with Crippen molar-refractivity contribution < 1.29 is 14.3 Å². The minimum atomic E-state index is -0.290. The molecular formula is C22H19N5O3. The van der Waals surface area contributed by atoms with Gasteiger partial charge in [-0.25, -0.2) is 14.6 Å². The van der Waals surface area contributed by atoms with Crippen LogP contribution in [0.25, 0.3) is 5.82 Å². The molecule has 2 aromatic heterocycles. The van der Waals surface area contributed by atoms with Crippen molar-refractivity contribution in [2.75, 3.05) is 11.9 Å². The maximum absolute atomic E-state index is 12.8. The summed E-state index contributed by atoms with van der Waals surface area (Å²) in [5, 5.41) is 6.92. The second kappa shape index (κ2) is 8.87. The standard InChI is InChI=1S/C22H19N5O3/c1-2-29-17-7-9-18(10-8-17)30-20-6-4-3-5-19(20)26-22(28)16-11-12-24-21(13-16)27-15-23-14-25-27/h3-15H,2H2,1H3,(H,26,28). The van der Waals surface area contributed by atoms with Gasteiger partial charge in [-0.1, -0.05) is 12.1 Å². The summed E-state index contributed by atoms with van der Waals surface area (Å²) in [5.74, 6) is 2.14. The Kier molecular flexibility index (Phi) is 5.66. The minimum Gasteiger partial charge on any atom is -0.494 e. The zero-order valence-electron chi connectivity index (χ0n) is 16.2. The van der Waals surface area contributed by atoms with Crippen LogP contribution in [-0.4, -0.2) is 32.3 Å². The Morgan fingerprint density at radius 3 is 2.63 bits per heavy atom. The summed E-state index contributed by atoms with van der Waals surface area (Å²) >= 11 is 0. The number of benzene rings is 2. The van der Waals surface area contributed by atoms with E-state index in [1.807, 2.05) is 43.3 Å². The molecule has 0 spiro atoms. The summed E-state index contributed by atoms with van der Waals surface area (Å²) < 4.78 is 12.9. The van der Waals surface area contributed by atoms with Crippen LogP contribution in [0, 0.1) is 0 Å². The van der Waals surface area contributed by atoms with Gasteiger partial charge in [-0.05, 0) is 55.5 Å². The number of ether oxygens (including phenoxy) is 2. The van der Waals surface area contributed by atoms with E-state index in [4.69, 9.17) is 9.47 Å². The van der Waals surface area contributed by atoms with E-state index >= 15 is 0 Å². The van der Waals surface area contributed by atoms with E-state index in [1.54, 1.807) is 30.5 Å². The fraction of sp³-hybridized carbons (Fsp3) is 0.0909. The molecule has 0 aliphatic carbocycles. The molecule has 0 saturated carbocycles. The zero-order chi connectivity index (χ0) is 20.8. The molecule has 1 amide bonds. The monoisotopic (exact) mass is 401 g/mol. The molecule has 4 aromatic rings. The summed E-state index contributed by atoms with van der Waals surface area (Å²) in [5.41, 5.74) is 0.988. The van der Waals surface area contributed by atoms with E-state index in [-0.39, 0.29) is 5.91 Å². The number of pyridine rings is 1. The van der Waals surface area contributed by atoms with Crippen LogP contribution in [0.1, 0.15) is 17.3 Å². The minimum absolute atomic E-state index is 0.290. The second-order valence-electron chi connectivity index (χ2n) is 6.20. The molecule has 0 aliphatic heterocycles. The van der Waals surface area contributed by atoms with Crippen LogP contribution in [0.3, 0.4) is 0 Å². The predicted molar refractivity (Wildman–Crippen MR) is 111 cm³/mol. The molecule has 2 aromatic carbocycles. The van der Waals surface area contributed by atoms with Crippen molar-refractivity contribution >= 4 is 11.6 Å². The molecular weight excluding hydrogens is 382 g/mol. The van der Waals surface area contributed by atoms with Crippen LogP contribution in [0.4, 0.5) is 5.69 Å². The highest BCUT2D eigenvalue weighted by molar-refractivity contribution is 6.05. The van der Waals surface area contributed by atoms with Crippen molar-refractivity contribution in [2.45, 2.75) is 6.92 Å². The van der Waals surface area contributed by atoms with Gasteiger partial charge in [0.15, 0.2) is 11.6 Å². The highest BCUT2D eigenvalue weighted by Crippen LogP contribution is 2.30. The Hall–Kier alpha value is -4.20. The Bertz CT molecular complexity index is 1130. The summed E-state index contributed by atoms with van der Waals surface area (Å²) in [6.07, 6.45) is 4.47. The van der Waals surface area contributed by atoms with Crippen LogP contribution in [0.5, 0.6) is 17.2 Å². The Morgan fingerprint density at radius 1 is 1.07 bits per heavy atom. The fourth-order valence-electron chi connectivity index (χ4n) is 2.76. The molecule has 0 atom stereocenters. The van der Waals surface area contributed by atoms with E-state index in [1.165, 1.54) is 17.3 Å². The lowest BCUT2D eigenvalue weighted by molar-refractivity contribution is 0.102. The van der Waals surface area contributed by atoms with Gasteiger partial charge in [0, 0.05) is 11.8 Å². The Labute approximate surface area is 173 Å². The van der Waals surface area contributed by atoms with Crippen molar-refractivity contribution in [3.8, 4) is 23.1 Å². The molecule has 4 rings (SSSR count). The third-order valence-corrected chi connectivity index (χ3v) is 4.16. The smallest absolute Gasteiger partial charge is 0.255 e. The average Bonchev–Trinajstić information content (AvgIpc) is 3.32. The maximum Gasteiger partial charge on any atom is 0.255 e. The molecule has 0 saturated heterocycles. The van der Waals surface area contributed by atoms with Gasteiger partial charge in [-0.15, -0.1) is 0 Å². The summed E-state index contributed by atoms with van der Waals surface area (Å²) in [7, 11) is 0. The van der Waals surface area contributed by atoms with Gasteiger partial charge in [0.25, 0.3) is 5.91 Å². The van der Waals surface area contributed by atoms with Crippen molar-refractivity contribution in [1.82, 2.24) is 19.7 Å². The van der Waals surface area contributed by atoms with E-state index in [0.717, 1.165) is 5.75 Å². The number of hydrogen-bond acceptors (Lipinski definition) is 6. The third kappa shape index (κ3) is 4.44. The van der Waals surface area contributed by atoms with Gasteiger partial charge < -0.3 is 14.8 Å². The molecule has 0 bridgehead atoms. The highest BCUT2D eigenvalue weighted by Gasteiger charge is 2.12. The van der Waals surface area contributed by atoms with Crippen LogP contribution < -0.4 is 14.8 Å². The number of aromatic nitrogens is 4. The quantitative estimate of drug-likeness (QED) is 0.501. The SMILES string of the molecule is CCOc1ccc(Oc2ccccc2NC(=O)c2ccnc(-n3cncn3)c2)cc1. The predicted octanol–water partition coefficient (Wildman–Crippen LogP) is 4.11. The largest absolute Gasteiger partial charge is 0.494 e. The summed E-state index contributed by atoms with van der Waals surface area (Å²) in [4.78, 5) is 20.9. The van der Waals surface area contributed by atoms with Crippen molar-refractivity contribution in [3.05, 3.63) is 85.1 Å². The number of anilines is 1. The number of para-hydroxylation sites is 2. The fourth-order valence-corrected chi connectivity index (χ4v) is 2.76. The van der Waals surface area contributed by atoms with E-state index in [0.29, 0.717) is 35.2 Å². The maximum atomic E-state index is 12.8. The van der Waals surface area contributed by atoms with E-state index < -0.39 is 0 Å². The number of carbonyl (C=O) groups excluding carboxylic acids is 1. The molecule has 0 unspecified atom stereocenters. The molecule has 150 valence electrons. The van der Waals surface area contributed by atoms with E-state index in [2.05, 4.69) is 20.4 Å². The number of nitrogens with zero attached hydrogens (tertiary/aromatic N) is 4. The van der Waals surface area contributed by atoms with Crippen molar-refractivity contribution in [3.63, 3.8) is 0 Å².